The minimum Gasteiger partial charge on any atom is -0.320 e. The maximum atomic E-state index is 13.3. The number of rotatable bonds is 3. The van der Waals surface area contributed by atoms with Gasteiger partial charge in [-0.1, -0.05) is 18.2 Å². The van der Waals surface area contributed by atoms with Crippen molar-refractivity contribution in [3.05, 3.63) is 76.9 Å². The highest BCUT2D eigenvalue weighted by Gasteiger charge is 2.27. The zero-order valence-electron chi connectivity index (χ0n) is 13.9. The highest BCUT2D eigenvalue weighted by molar-refractivity contribution is 6.04. The van der Waals surface area contributed by atoms with Crippen LogP contribution in [0.15, 0.2) is 48.5 Å². The molecule has 3 aromatic rings. The maximum Gasteiger partial charge on any atom is 0.276 e. The monoisotopic (exact) mass is 335 g/mol. The molecule has 0 atom stereocenters. The van der Waals surface area contributed by atoms with E-state index in [4.69, 9.17) is 0 Å². The van der Waals surface area contributed by atoms with Crippen LogP contribution in [0.4, 0.5) is 10.1 Å². The van der Waals surface area contributed by atoms with E-state index < -0.39 is 0 Å². The zero-order valence-corrected chi connectivity index (χ0v) is 13.9. The summed E-state index contributed by atoms with van der Waals surface area (Å²) in [6, 6.07) is 14.2. The Morgan fingerprint density at radius 1 is 1.16 bits per heavy atom. The van der Waals surface area contributed by atoms with Crippen LogP contribution < -0.4 is 5.32 Å². The third-order valence-electron chi connectivity index (χ3n) is 4.58. The van der Waals surface area contributed by atoms with Crippen molar-refractivity contribution in [1.82, 2.24) is 9.78 Å². The van der Waals surface area contributed by atoms with Crippen molar-refractivity contribution in [3.8, 4) is 5.69 Å². The predicted molar refractivity (Wildman–Crippen MR) is 94.7 cm³/mol. The zero-order chi connectivity index (χ0) is 17.4. The van der Waals surface area contributed by atoms with E-state index >= 15 is 0 Å². The number of carbonyl (C=O) groups excluding carboxylic acids is 1. The number of hydrogen-bond acceptors (Lipinski definition) is 2. The van der Waals surface area contributed by atoms with Crippen LogP contribution in [0.1, 0.15) is 33.7 Å². The van der Waals surface area contributed by atoms with Gasteiger partial charge in [-0.2, -0.15) is 5.10 Å². The number of anilines is 1. The number of nitrogens with zero attached hydrogens (tertiary/aromatic N) is 2. The summed E-state index contributed by atoms with van der Waals surface area (Å²) in [5.41, 5.74) is 4.82. The van der Waals surface area contributed by atoms with Crippen molar-refractivity contribution in [3.63, 3.8) is 0 Å². The molecule has 0 radical (unpaired) electrons. The van der Waals surface area contributed by atoms with E-state index in [1.165, 1.54) is 12.1 Å². The number of aryl methyl sites for hydroxylation is 1. The van der Waals surface area contributed by atoms with Gasteiger partial charge in [0.05, 0.1) is 5.69 Å². The normalized spacial score (nSPS) is 12.9. The lowest BCUT2D eigenvalue weighted by Crippen LogP contribution is -2.15. The molecule has 1 aromatic heterocycles. The molecule has 0 saturated heterocycles. The fourth-order valence-corrected chi connectivity index (χ4v) is 3.35. The topological polar surface area (TPSA) is 46.9 Å². The van der Waals surface area contributed by atoms with Gasteiger partial charge in [0.15, 0.2) is 5.69 Å². The number of nitrogens with one attached hydrogen (secondary N) is 1. The summed E-state index contributed by atoms with van der Waals surface area (Å²) >= 11 is 0. The van der Waals surface area contributed by atoms with Crippen LogP contribution in [0.2, 0.25) is 0 Å². The van der Waals surface area contributed by atoms with Crippen LogP contribution in [-0.4, -0.2) is 15.7 Å². The van der Waals surface area contributed by atoms with E-state index in [0.717, 1.165) is 36.2 Å². The lowest BCUT2D eigenvalue weighted by molar-refractivity contribution is 0.102. The van der Waals surface area contributed by atoms with Gasteiger partial charge < -0.3 is 5.32 Å². The van der Waals surface area contributed by atoms with Gasteiger partial charge in [-0.05, 0) is 62.1 Å². The van der Waals surface area contributed by atoms with Crippen molar-refractivity contribution in [2.24, 2.45) is 0 Å². The third-order valence-corrected chi connectivity index (χ3v) is 4.58. The van der Waals surface area contributed by atoms with Crippen molar-refractivity contribution >= 4 is 11.6 Å². The highest BCUT2D eigenvalue weighted by atomic mass is 19.1. The quantitative estimate of drug-likeness (QED) is 0.784. The van der Waals surface area contributed by atoms with Gasteiger partial charge in [0.2, 0.25) is 0 Å². The van der Waals surface area contributed by atoms with Crippen molar-refractivity contribution in [2.75, 3.05) is 5.32 Å². The summed E-state index contributed by atoms with van der Waals surface area (Å²) in [6.45, 7) is 1.77. The van der Waals surface area contributed by atoms with E-state index in [0.29, 0.717) is 16.9 Å². The van der Waals surface area contributed by atoms with Crippen LogP contribution in [0.5, 0.6) is 0 Å². The van der Waals surface area contributed by atoms with Gasteiger partial charge >= 0.3 is 0 Å². The third kappa shape index (κ3) is 2.82. The molecule has 1 aliphatic carbocycles. The summed E-state index contributed by atoms with van der Waals surface area (Å²) in [5, 5.41) is 7.44. The fraction of sp³-hybridized carbons (Fsp3) is 0.200. The van der Waals surface area contributed by atoms with Crippen LogP contribution in [0.3, 0.4) is 0 Å². The Balaban J connectivity index is 1.70. The Labute approximate surface area is 145 Å². The molecular formula is C20H18FN3O. The maximum absolute atomic E-state index is 13.3. The molecule has 0 fully saturated rings. The summed E-state index contributed by atoms with van der Waals surface area (Å²) in [7, 11) is 0. The first-order valence-corrected chi connectivity index (χ1v) is 8.37. The molecule has 0 unspecified atom stereocenters. The lowest BCUT2D eigenvalue weighted by Gasteiger charge is -2.08. The van der Waals surface area contributed by atoms with Crippen LogP contribution in [-0.2, 0) is 12.8 Å². The van der Waals surface area contributed by atoms with E-state index in [1.54, 1.807) is 13.0 Å². The summed E-state index contributed by atoms with van der Waals surface area (Å²) in [4.78, 5) is 12.8. The average Bonchev–Trinajstić information content (AvgIpc) is 3.20. The molecule has 1 heterocycles. The molecule has 5 heteroatoms. The molecule has 0 aliphatic heterocycles. The Bertz CT molecular complexity index is 947. The van der Waals surface area contributed by atoms with Gasteiger partial charge in [0, 0.05) is 16.9 Å². The Hall–Kier alpha value is -2.95. The second-order valence-electron chi connectivity index (χ2n) is 6.29. The molecule has 0 bridgehead atoms. The Morgan fingerprint density at radius 3 is 2.72 bits per heavy atom. The molecule has 4 rings (SSSR count). The second-order valence-corrected chi connectivity index (χ2v) is 6.29. The number of fused-ring (bicyclic) bond motifs is 1. The number of aromatic nitrogens is 2. The van der Waals surface area contributed by atoms with Gasteiger partial charge in [0.1, 0.15) is 5.82 Å². The minimum atomic E-state index is -0.315. The molecule has 1 N–H and O–H groups in total. The smallest absolute Gasteiger partial charge is 0.276 e. The molecular weight excluding hydrogens is 317 g/mol. The first kappa shape index (κ1) is 15.6. The number of amides is 1. The van der Waals surface area contributed by atoms with Crippen molar-refractivity contribution < 1.29 is 9.18 Å². The number of halogens is 1. The van der Waals surface area contributed by atoms with E-state index in [1.807, 2.05) is 35.0 Å². The standard InChI is InChI=1S/C20H18FN3O/c1-13-12-14(21)10-11-17(13)22-20(25)19-16-8-5-9-18(16)24(23-19)15-6-3-2-4-7-15/h2-4,6-7,10-12H,5,8-9H2,1H3,(H,22,25). The van der Waals surface area contributed by atoms with Gasteiger partial charge in [0.25, 0.3) is 5.91 Å². The van der Waals surface area contributed by atoms with Crippen molar-refractivity contribution in [1.29, 1.82) is 0 Å². The van der Waals surface area contributed by atoms with E-state index in [2.05, 4.69) is 10.4 Å². The molecule has 1 amide bonds. The molecule has 4 nitrogen and oxygen atoms in total. The second kappa shape index (κ2) is 6.16. The predicted octanol–water partition coefficient (Wildman–Crippen LogP) is 4.06. The van der Waals surface area contributed by atoms with Gasteiger partial charge in [-0.25, -0.2) is 9.07 Å². The molecule has 0 spiro atoms. The molecule has 0 saturated carbocycles. The molecule has 1 aliphatic rings. The number of para-hydroxylation sites is 1. The average molecular weight is 335 g/mol. The Morgan fingerprint density at radius 2 is 1.96 bits per heavy atom. The first-order valence-electron chi connectivity index (χ1n) is 8.37. The van der Waals surface area contributed by atoms with Crippen LogP contribution in [0, 0.1) is 12.7 Å². The lowest BCUT2D eigenvalue weighted by atomic mass is 10.1. The van der Waals surface area contributed by atoms with Crippen molar-refractivity contribution in [2.45, 2.75) is 26.2 Å². The molecule has 126 valence electrons. The number of carbonyl (C=O) groups is 1. The first-order chi connectivity index (χ1) is 12.1. The number of hydrogen-bond donors (Lipinski definition) is 1. The number of benzene rings is 2. The highest BCUT2D eigenvalue weighted by Crippen LogP contribution is 2.28. The van der Waals surface area contributed by atoms with E-state index in [-0.39, 0.29) is 11.7 Å². The van der Waals surface area contributed by atoms with Crippen LogP contribution >= 0.6 is 0 Å². The minimum absolute atomic E-state index is 0.248. The largest absolute Gasteiger partial charge is 0.320 e. The fourth-order valence-electron chi connectivity index (χ4n) is 3.35. The van der Waals surface area contributed by atoms with Gasteiger partial charge in [-0.15, -0.1) is 0 Å². The van der Waals surface area contributed by atoms with E-state index in [9.17, 15) is 9.18 Å². The Kier molecular flexibility index (Phi) is 3.84. The summed E-state index contributed by atoms with van der Waals surface area (Å²) in [5.74, 6) is -0.563. The van der Waals surface area contributed by atoms with Gasteiger partial charge in [-0.3, -0.25) is 4.79 Å². The van der Waals surface area contributed by atoms with Crippen LogP contribution in [0.25, 0.3) is 5.69 Å². The summed E-state index contributed by atoms with van der Waals surface area (Å²) in [6.07, 6.45) is 2.79. The molecule has 2 aromatic carbocycles. The summed E-state index contributed by atoms with van der Waals surface area (Å²) < 4.78 is 15.1. The molecule has 25 heavy (non-hydrogen) atoms. The SMILES string of the molecule is Cc1cc(F)ccc1NC(=O)c1nn(-c2ccccc2)c2c1CCC2.